The fourth-order valence-corrected chi connectivity index (χ4v) is 3.88. The fraction of sp³-hybridized carbons (Fsp3) is 0.524. The Morgan fingerprint density at radius 3 is 2.56 bits per heavy atom. The summed E-state index contributed by atoms with van der Waals surface area (Å²) in [4.78, 5) is 14.5. The first kappa shape index (κ1) is 18.2. The van der Waals surface area contributed by atoms with Crippen molar-refractivity contribution in [1.29, 1.82) is 0 Å². The standard InChI is InChI=1S/C21H27FN4O/c1-14-11-19(14)21(27)23-17-7-9-26(10-8-17)13-18-12-20(24-25(18)2)15-3-5-16(22)6-4-15/h3-6,12,14,17,19H,7-11,13H2,1-2H3,(H,23,27). The van der Waals surface area contributed by atoms with Gasteiger partial charge in [0.1, 0.15) is 5.82 Å². The fourth-order valence-electron chi connectivity index (χ4n) is 3.88. The molecule has 1 aliphatic heterocycles. The van der Waals surface area contributed by atoms with Crippen molar-refractivity contribution in [3.8, 4) is 11.3 Å². The maximum Gasteiger partial charge on any atom is 0.223 e. The highest BCUT2D eigenvalue weighted by atomic mass is 19.1. The molecule has 5 nitrogen and oxygen atoms in total. The van der Waals surface area contributed by atoms with Crippen LogP contribution in [0.1, 0.15) is 31.9 Å². The first-order chi connectivity index (χ1) is 13.0. The Balaban J connectivity index is 1.31. The number of carbonyl (C=O) groups is 1. The molecule has 144 valence electrons. The van der Waals surface area contributed by atoms with Crippen LogP contribution in [-0.4, -0.2) is 39.7 Å². The molecule has 27 heavy (non-hydrogen) atoms. The molecule has 6 heteroatoms. The second-order valence-corrected chi connectivity index (χ2v) is 8.03. The Morgan fingerprint density at radius 1 is 1.26 bits per heavy atom. The lowest BCUT2D eigenvalue weighted by Gasteiger charge is -2.32. The zero-order valence-corrected chi connectivity index (χ0v) is 16.0. The van der Waals surface area contributed by atoms with Crippen LogP contribution in [0.5, 0.6) is 0 Å². The average molecular weight is 370 g/mol. The number of nitrogens with one attached hydrogen (secondary N) is 1. The molecule has 1 N–H and O–H groups in total. The highest BCUT2D eigenvalue weighted by Gasteiger charge is 2.39. The Kier molecular flexibility index (Phi) is 5.00. The summed E-state index contributed by atoms with van der Waals surface area (Å²) >= 11 is 0. The molecule has 2 aliphatic rings. The third-order valence-corrected chi connectivity index (χ3v) is 5.88. The van der Waals surface area contributed by atoms with Gasteiger partial charge in [-0.2, -0.15) is 5.10 Å². The SMILES string of the molecule is CC1CC1C(=O)NC1CCN(Cc2cc(-c3ccc(F)cc3)nn2C)CC1. The molecule has 0 bridgehead atoms. The molecule has 2 atom stereocenters. The Bertz CT molecular complexity index is 808. The smallest absolute Gasteiger partial charge is 0.223 e. The highest BCUT2D eigenvalue weighted by molar-refractivity contribution is 5.81. The summed E-state index contributed by atoms with van der Waals surface area (Å²) in [6.07, 6.45) is 3.03. The number of piperidine rings is 1. The molecule has 1 saturated carbocycles. The molecule has 1 aliphatic carbocycles. The number of rotatable bonds is 5. The molecule has 2 fully saturated rings. The predicted octanol–water partition coefficient (Wildman–Crippen LogP) is 2.96. The maximum absolute atomic E-state index is 13.1. The summed E-state index contributed by atoms with van der Waals surface area (Å²) in [5.41, 5.74) is 2.94. The third kappa shape index (κ3) is 4.21. The van der Waals surface area contributed by atoms with E-state index in [0.717, 1.165) is 55.8 Å². The van der Waals surface area contributed by atoms with Crippen molar-refractivity contribution in [3.05, 3.63) is 41.8 Å². The van der Waals surface area contributed by atoms with Crippen molar-refractivity contribution in [1.82, 2.24) is 20.0 Å². The van der Waals surface area contributed by atoms with Crippen LogP contribution in [0.25, 0.3) is 11.3 Å². The summed E-state index contributed by atoms with van der Waals surface area (Å²) in [5, 5.41) is 7.80. The minimum atomic E-state index is -0.235. The number of carbonyl (C=O) groups excluding carboxylic acids is 1. The normalized spacial score (nSPS) is 23.4. The van der Waals surface area contributed by atoms with Gasteiger partial charge in [0.15, 0.2) is 0 Å². The topological polar surface area (TPSA) is 50.2 Å². The number of benzene rings is 1. The molecule has 1 aromatic heterocycles. The molecular weight excluding hydrogens is 343 g/mol. The van der Waals surface area contributed by atoms with Gasteiger partial charge in [0, 0.05) is 44.2 Å². The van der Waals surface area contributed by atoms with Crippen LogP contribution in [0.15, 0.2) is 30.3 Å². The van der Waals surface area contributed by atoms with Crippen LogP contribution in [0.4, 0.5) is 4.39 Å². The Hall–Kier alpha value is -2.21. The van der Waals surface area contributed by atoms with Crippen molar-refractivity contribution in [2.24, 2.45) is 18.9 Å². The molecule has 1 saturated heterocycles. The largest absolute Gasteiger partial charge is 0.353 e. The molecule has 1 amide bonds. The number of halogens is 1. The van der Waals surface area contributed by atoms with Gasteiger partial charge in [-0.1, -0.05) is 6.92 Å². The molecule has 2 aromatic rings. The quantitative estimate of drug-likeness (QED) is 0.880. The highest BCUT2D eigenvalue weighted by Crippen LogP contribution is 2.37. The van der Waals surface area contributed by atoms with Crippen LogP contribution in [0.3, 0.4) is 0 Å². The van der Waals surface area contributed by atoms with E-state index in [1.54, 1.807) is 12.1 Å². The Morgan fingerprint density at radius 2 is 1.93 bits per heavy atom. The third-order valence-electron chi connectivity index (χ3n) is 5.88. The summed E-state index contributed by atoms with van der Waals surface area (Å²) < 4.78 is 15.0. The number of amides is 1. The minimum Gasteiger partial charge on any atom is -0.353 e. The lowest BCUT2D eigenvalue weighted by molar-refractivity contribution is -0.123. The minimum absolute atomic E-state index is 0.235. The second-order valence-electron chi connectivity index (χ2n) is 8.03. The van der Waals surface area contributed by atoms with Crippen molar-refractivity contribution in [3.63, 3.8) is 0 Å². The van der Waals surface area contributed by atoms with Gasteiger partial charge >= 0.3 is 0 Å². The van der Waals surface area contributed by atoms with Crippen LogP contribution in [0.2, 0.25) is 0 Å². The number of hydrogen-bond acceptors (Lipinski definition) is 3. The molecule has 0 spiro atoms. The maximum atomic E-state index is 13.1. The molecular formula is C21H27FN4O. The van der Waals surface area contributed by atoms with Gasteiger partial charge in [-0.05, 0) is 55.5 Å². The van der Waals surface area contributed by atoms with Gasteiger partial charge in [0.2, 0.25) is 5.91 Å². The van der Waals surface area contributed by atoms with E-state index in [-0.39, 0.29) is 17.6 Å². The molecule has 2 unspecified atom stereocenters. The monoisotopic (exact) mass is 370 g/mol. The van der Waals surface area contributed by atoms with Gasteiger partial charge in [-0.25, -0.2) is 4.39 Å². The lowest BCUT2D eigenvalue weighted by atomic mass is 10.0. The number of aromatic nitrogens is 2. The van der Waals surface area contributed by atoms with E-state index >= 15 is 0 Å². The summed E-state index contributed by atoms with van der Waals surface area (Å²) in [7, 11) is 1.95. The van der Waals surface area contributed by atoms with Gasteiger partial charge in [-0.15, -0.1) is 0 Å². The number of nitrogens with zero attached hydrogens (tertiary/aromatic N) is 3. The molecule has 1 aromatic carbocycles. The van der Waals surface area contributed by atoms with Crippen molar-refractivity contribution in [2.75, 3.05) is 13.1 Å². The Labute approximate surface area is 159 Å². The van der Waals surface area contributed by atoms with Gasteiger partial charge in [0.05, 0.1) is 11.4 Å². The zero-order chi connectivity index (χ0) is 19.0. The van der Waals surface area contributed by atoms with Crippen LogP contribution < -0.4 is 5.32 Å². The van der Waals surface area contributed by atoms with E-state index in [0.29, 0.717) is 12.0 Å². The summed E-state index contributed by atoms with van der Waals surface area (Å²) in [6, 6.07) is 8.83. The van der Waals surface area contributed by atoms with Crippen molar-refractivity contribution in [2.45, 2.75) is 38.8 Å². The first-order valence-electron chi connectivity index (χ1n) is 9.81. The predicted molar refractivity (Wildman–Crippen MR) is 102 cm³/mol. The van der Waals surface area contributed by atoms with E-state index in [1.165, 1.54) is 12.1 Å². The summed E-state index contributed by atoms with van der Waals surface area (Å²) in [5.74, 6) is 0.824. The number of hydrogen-bond donors (Lipinski definition) is 1. The van der Waals surface area contributed by atoms with Gasteiger partial charge < -0.3 is 5.32 Å². The average Bonchev–Trinajstić information content (AvgIpc) is 3.28. The lowest BCUT2D eigenvalue weighted by Crippen LogP contribution is -2.45. The van der Waals surface area contributed by atoms with Gasteiger partial charge in [0.25, 0.3) is 0 Å². The number of likely N-dealkylation sites (tertiary alicyclic amines) is 1. The van der Waals surface area contributed by atoms with E-state index in [1.807, 2.05) is 11.7 Å². The zero-order valence-electron chi connectivity index (χ0n) is 16.0. The summed E-state index contributed by atoms with van der Waals surface area (Å²) in [6.45, 7) is 4.93. The van der Waals surface area contributed by atoms with Crippen molar-refractivity contribution >= 4 is 5.91 Å². The van der Waals surface area contributed by atoms with E-state index < -0.39 is 0 Å². The molecule has 0 radical (unpaired) electrons. The van der Waals surface area contributed by atoms with Crippen LogP contribution in [-0.2, 0) is 18.4 Å². The van der Waals surface area contributed by atoms with Gasteiger partial charge in [-0.3, -0.25) is 14.4 Å². The first-order valence-corrected chi connectivity index (χ1v) is 9.81. The van der Waals surface area contributed by atoms with E-state index in [9.17, 15) is 9.18 Å². The van der Waals surface area contributed by atoms with Crippen LogP contribution in [0, 0.1) is 17.7 Å². The second kappa shape index (κ2) is 7.43. The molecule has 2 heterocycles. The molecule has 4 rings (SSSR count). The van der Waals surface area contributed by atoms with E-state index in [4.69, 9.17) is 0 Å². The number of aryl methyl sites for hydroxylation is 1. The van der Waals surface area contributed by atoms with E-state index in [2.05, 4.69) is 28.3 Å². The van der Waals surface area contributed by atoms with Crippen molar-refractivity contribution < 1.29 is 9.18 Å². The van der Waals surface area contributed by atoms with Crippen LogP contribution >= 0.6 is 0 Å².